The lowest BCUT2D eigenvalue weighted by molar-refractivity contribution is 0.186. The highest BCUT2D eigenvalue weighted by Gasteiger charge is 2.20. The number of carbonyl (C=O) groups is 1. The van der Waals surface area contributed by atoms with E-state index < -0.39 is 0 Å². The maximum Gasteiger partial charge on any atom is 0.315 e. The third-order valence-corrected chi connectivity index (χ3v) is 5.89. The fourth-order valence-electron chi connectivity index (χ4n) is 3.19. The molecular formula is C20H27N3OS. The Labute approximate surface area is 154 Å². The van der Waals surface area contributed by atoms with E-state index in [9.17, 15) is 4.79 Å². The van der Waals surface area contributed by atoms with E-state index in [1.165, 1.54) is 15.3 Å². The predicted octanol–water partition coefficient (Wildman–Crippen LogP) is 3.77. The Morgan fingerprint density at radius 1 is 1.12 bits per heavy atom. The van der Waals surface area contributed by atoms with Crippen LogP contribution in [0.2, 0.25) is 0 Å². The summed E-state index contributed by atoms with van der Waals surface area (Å²) in [4.78, 5) is 17.1. The molecule has 3 rings (SSSR count). The van der Waals surface area contributed by atoms with Crippen LogP contribution in [0.3, 0.4) is 0 Å². The molecule has 2 N–H and O–H groups in total. The fraction of sp³-hybridized carbons (Fsp3) is 0.450. The van der Waals surface area contributed by atoms with Gasteiger partial charge in [-0.25, -0.2) is 4.79 Å². The Hall–Kier alpha value is -1.85. The number of carbonyl (C=O) groups excluding carboxylic acids is 1. The minimum atomic E-state index is -0.0482. The van der Waals surface area contributed by atoms with Gasteiger partial charge in [-0.15, -0.1) is 11.3 Å². The normalized spacial score (nSPS) is 15.9. The lowest BCUT2D eigenvalue weighted by atomic mass is 10.0. The molecule has 1 aliphatic rings. The zero-order valence-electron chi connectivity index (χ0n) is 14.8. The number of rotatable bonds is 6. The maximum atomic E-state index is 12.1. The van der Waals surface area contributed by atoms with Crippen LogP contribution in [0, 0.1) is 0 Å². The summed E-state index contributed by atoms with van der Waals surface area (Å²) >= 11 is 1.77. The highest BCUT2D eigenvalue weighted by atomic mass is 32.1. The van der Waals surface area contributed by atoms with Crippen LogP contribution in [0.4, 0.5) is 4.79 Å². The Morgan fingerprint density at radius 3 is 2.52 bits per heavy atom. The van der Waals surface area contributed by atoms with E-state index in [-0.39, 0.29) is 12.1 Å². The van der Waals surface area contributed by atoms with Gasteiger partial charge in [0.15, 0.2) is 0 Å². The molecule has 2 amide bonds. The lowest BCUT2D eigenvalue weighted by Gasteiger charge is -2.32. The number of urea groups is 1. The summed E-state index contributed by atoms with van der Waals surface area (Å²) in [5.74, 6) is 0. The van der Waals surface area contributed by atoms with E-state index in [1.54, 1.807) is 11.3 Å². The number of hydrogen-bond acceptors (Lipinski definition) is 3. The second-order valence-electron chi connectivity index (χ2n) is 6.58. The number of nitrogens with zero attached hydrogens (tertiary/aromatic N) is 1. The van der Waals surface area contributed by atoms with E-state index in [0.29, 0.717) is 6.54 Å². The molecule has 1 aromatic heterocycles. The summed E-state index contributed by atoms with van der Waals surface area (Å²) in [5.41, 5.74) is 1.36. The molecule has 134 valence electrons. The molecule has 1 aliphatic heterocycles. The average Bonchev–Trinajstić information content (AvgIpc) is 3.11. The number of benzene rings is 1. The second-order valence-corrected chi connectivity index (χ2v) is 7.84. The van der Waals surface area contributed by atoms with Crippen molar-refractivity contribution in [2.45, 2.75) is 45.3 Å². The van der Waals surface area contributed by atoms with E-state index in [0.717, 1.165) is 38.9 Å². The van der Waals surface area contributed by atoms with Gasteiger partial charge < -0.3 is 10.6 Å². The van der Waals surface area contributed by atoms with Gasteiger partial charge in [0, 0.05) is 35.4 Å². The topological polar surface area (TPSA) is 44.4 Å². The Bertz CT molecular complexity index is 663. The molecule has 25 heavy (non-hydrogen) atoms. The Morgan fingerprint density at radius 2 is 1.84 bits per heavy atom. The van der Waals surface area contributed by atoms with Crippen LogP contribution in [-0.2, 0) is 19.5 Å². The predicted molar refractivity (Wildman–Crippen MR) is 104 cm³/mol. The summed E-state index contributed by atoms with van der Waals surface area (Å²) in [5, 5.41) is 6.10. The SMILES string of the molecule is CCc1ccc(CNC(=O)NC2CCN(Cc3ccccc3)CC2)s1. The van der Waals surface area contributed by atoms with Crippen molar-refractivity contribution in [3.63, 3.8) is 0 Å². The van der Waals surface area contributed by atoms with E-state index in [1.807, 2.05) is 0 Å². The van der Waals surface area contributed by atoms with Crippen molar-refractivity contribution >= 4 is 17.4 Å². The maximum absolute atomic E-state index is 12.1. The van der Waals surface area contributed by atoms with Crippen LogP contribution < -0.4 is 10.6 Å². The average molecular weight is 358 g/mol. The van der Waals surface area contributed by atoms with Crippen LogP contribution in [0.15, 0.2) is 42.5 Å². The molecule has 0 unspecified atom stereocenters. The summed E-state index contributed by atoms with van der Waals surface area (Å²) < 4.78 is 0. The van der Waals surface area contributed by atoms with Gasteiger partial charge in [-0.1, -0.05) is 37.3 Å². The summed E-state index contributed by atoms with van der Waals surface area (Å²) in [6.45, 7) is 5.83. The second kappa shape index (κ2) is 9.02. The van der Waals surface area contributed by atoms with E-state index in [4.69, 9.17) is 0 Å². The Kier molecular flexibility index (Phi) is 6.48. The number of piperidine rings is 1. The van der Waals surface area contributed by atoms with Gasteiger partial charge >= 0.3 is 6.03 Å². The molecule has 5 heteroatoms. The highest BCUT2D eigenvalue weighted by Crippen LogP contribution is 2.17. The van der Waals surface area contributed by atoms with Crippen molar-refractivity contribution in [3.8, 4) is 0 Å². The van der Waals surface area contributed by atoms with Crippen molar-refractivity contribution in [2.24, 2.45) is 0 Å². The monoisotopic (exact) mass is 357 g/mol. The molecule has 0 radical (unpaired) electrons. The van der Waals surface area contributed by atoms with Gasteiger partial charge in [0.05, 0.1) is 6.54 Å². The number of likely N-dealkylation sites (tertiary alicyclic amines) is 1. The van der Waals surface area contributed by atoms with Gasteiger partial charge in [0.1, 0.15) is 0 Å². The van der Waals surface area contributed by atoms with Crippen molar-refractivity contribution in [2.75, 3.05) is 13.1 Å². The van der Waals surface area contributed by atoms with E-state index in [2.05, 4.69) is 64.9 Å². The molecular weight excluding hydrogens is 330 g/mol. The molecule has 2 heterocycles. The zero-order valence-corrected chi connectivity index (χ0v) is 15.6. The van der Waals surface area contributed by atoms with Gasteiger partial charge in [0.2, 0.25) is 0 Å². The third kappa shape index (κ3) is 5.58. The first-order valence-corrected chi connectivity index (χ1v) is 9.93. The third-order valence-electron chi connectivity index (χ3n) is 4.66. The molecule has 1 aromatic carbocycles. The summed E-state index contributed by atoms with van der Waals surface area (Å²) in [6, 6.07) is 15.1. The van der Waals surface area contributed by atoms with Crippen LogP contribution >= 0.6 is 11.3 Å². The molecule has 1 fully saturated rings. The van der Waals surface area contributed by atoms with Crippen molar-refractivity contribution in [1.82, 2.24) is 15.5 Å². The molecule has 0 bridgehead atoms. The molecule has 2 aromatic rings. The van der Waals surface area contributed by atoms with Crippen LogP contribution in [0.1, 0.15) is 35.1 Å². The lowest BCUT2D eigenvalue weighted by Crippen LogP contribution is -2.47. The quantitative estimate of drug-likeness (QED) is 0.826. The van der Waals surface area contributed by atoms with Crippen LogP contribution in [-0.4, -0.2) is 30.1 Å². The van der Waals surface area contributed by atoms with Gasteiger partial charge in [0.25, 0.3) is 0 Å². The molecule has 4 nitrogen and oxygen atoms in total. The summed E-state index contributed by atoms with van der Waals surface area (Å²) in [6.07, 6.45) is 3.08. The largest absolute Gasteiger partial charge is 0.335 e. The molecule has 1 saturated heterocycles. The van der Waals surface area contributed by atoms with Gasteiger partial charge in [-0.05, 0) is 37.0 Å². The highest BCUT2D eigenvalue weighted by molar-refractivity contribution is 7.11. The van der Waals surface area contributed by atoms with Crippen molar-refractivity contribution in [3.05, 3.63) is 57.8 Å². The van der Waals surface area contributed by atoms with Crippen LogP contribution in [0.25, 0.3) is 0 Å². The standard InChI is InChI=1S/C20H27N3OS/c1-2-18-8-9-19(25-18)14-21-20(24)22-17-10-12-23(13-11-17)15-16-6-4-3-5-7-16/h3-9,17H,2,10-15H2,1H3,(H2,21,22,24). The first-order chi connectivity index (χ1) is 12.2. The van der Waals surface area contributed by atoms with Gasteiger partial charge in [-0.3, -0.25) is 4.90 Å². The summed E-state index contributed by atoms with van der Waals surface area (Å²) in [7, 11) is 0. The first-order valence-electron chi connectivity index (χ1n) is 9.11. The van der Waals surface area contributed by atoms with Gasteiger partial charge in [-0.2, -0.15) is 0 Å². The number of amides is 2. The molecule has 0 spiro atoms. The number of nitrogens with one attached hydrogen (secondary N) is 2. The fourth-order valence-corrected chi connectivity index (χ4v) is 4.09. The number of hydrogen-bond donors (Lipinski definition) is 2. The molecule has 0 aliphatic carbocycles. The van der Waals surface area contributed by atoms with Crippen molar-refractivity contribution in [1.29, 1.82) is 0 Å². The molecule has 0 atom stereocenters. The molecule has 0 saturated carbocycles. The number of aryl methyl sites for hydroxylation is 1. The van der Waals surface area contributed by atoms with Crippen molar-refractivity contribution < 1.29 is 4.79 Å². The first kappa shape index (κ1) is 18.0. The smallest absolute Gasteiger partial charge is 0.315 e. The zero-order chi connectivity index (χ0) is 17.5. The van der Waals surface area contributed by atoms with Crippen LogP contribution in [0.5, 0.6) is 0 Å². The number of thiophene rings is 1. The minimum Gasteiger partial charge on any atom is -0.335 e. The minimum absolute atomic E-state index is 0.0482. The van der Waals surface area contributed by atoms with E-state index >= 15 is 0 Å². The Balaban J connectivity index is 1.36.